The van der Waals surface area contributed by atoms with Crippen LogP contribution in [0.5, 0.6) is 11.5 Å². The number of benzene rings is 4. The van der Waals surface area contributed by atoms with E-state index < -0.39 is 16.8 Å². The van der Waals surface area contributed by atoms with Crippen molar-refractivity contribution >= 4 is 34.6 Å². The molecule has 0 radical (unpaired) electrons. The van der Waals surface area contributed by atoms with Crippen LogP contribution in [0.25, 0.3) is 10.8 Å². The monoisotopic (exact) mass is 483 g/mol. The zero-order valence-corrected chi connectivity index (χ0v) is 19.2. The largest absolute Gasteiger partial charge is 0.494 e. The average molecular weight is 483 g/mol. The molecule has 36 heavy (non-hydrogen) atoms. The summed E-state index contributed by atoms with van der Waals surface area (Å²) in [6.07, 6.45) is 1.40. The zero-order chi connectivity index (χ0) is 25.5. The zero-order valence-electron chi connectivity index (χ0n) is 19.2. The predicted octanol–water partition coefficient (Wildman–Crippen LogP) is 5.13. The van der Waals surface area contributed by atoms with Crippen LogP contribution in [0.2, 0.25) is 0 Å². The molecule has 0 bridgehead atoms. The van der Waals surface area contributed by atoms with Crippen LogP contribution in [-0.4, -0.2) is 29.6 Å². The first-order chi connectivity index (χ1) is 17.5. The number of non-ortho nitro benzene ring substituents is 1. The van der Waals surface area contributed by atoms with Gasteiger partial charge >= 0.3 is 5.97 Å². The van der Waals surface area contributed by atoms with Gasteiger partial charge in [0.15, 0.2) is 0 Å². The summed E-state index contributed by atoms with van der Waals surface area (Å²) in [5.74, 6) is -0.190. The SMILES string of the molecule is CCOc1ccc(C(=O)Oc2ccc3ccccc3c2/C=N/NC(=O)c2ccc([N+](=O)[O-])cc2)cc1. The molecule has 4 aromatic carbocycles. The smallest absolute Gasteiger partial charge is 0.343 e. The molecule has 4 aromatic rings. The molecule has 4 rings (SSSR count). The topological polar surface area (TPSA) is 120 Å². The second-order valence-electron chi connectivity index (χ2n) is 7.55. The maximum Gasteiger partial charge on any atom is 0.343 e. The van der Waals surface area contributed by atoms with Crippen molar-refractivity contribution in [2.45, 2.75) is 6.92 Å². The number of hydrogen-bond donors (Lipinski definition) is 1. The van der Waals surface area contributed by atoms with E-state index in [1.165, 1.54) is 30.5 Å². The van der Waals surface area contributed by atoms with E-state index in [2.05, 4.69) is 10.5 Å². The third-order valence-electron chi connectivity index (χ3n) is 5.23. The number of ether oxygens (including phenoxy) is 2. The van der Waals surface area contributed by atoms with Crippen LogP contribution in [0.15, 0.2) is 90.0 Å². The van der Waals surface area contributed by atoms with Crippen LogP contribution in [-0.2, 0) is 0 Å². The van der Waals surface area contributed by atoms with E-state index in [-0.39, 0.29) is 17.0 Å². The van der Waals surface area contributed by atoms with Crippen molar-refractivity contribution in [2.75, 3.05) is 6.61 Å². The van der Waals surface area contributed by atoms with Crippen molar-refractivity contribution in [1.29, 1.82) is 0 Å². The van der Waals surface area contributed by atoms with Gasteiger partial charge in [-0.25, -0.2) is 10.2 Å². The molecule has 0 spiro atoms. The summed E-state index contributed by atoms with van der Waals surface area (Å²) < 4.78 is 11.1. The van der Waals surface area contributed by atoms with Gasteiger partial charge in [0.2, 0.25) is 0 Å². The highest BCUT2D eigenvalue weighted by atomic mass is 16.6. The van der Waals surface area contributed by atoms with Gasteiger partial charge in [0.05, 0.1) is 23.3 Å². The lowest BCUT2D eigenvalue weighted by Gasteiger charge is -2.11. The summed E-state index contributed by atoms with van der Waals surface area (Å²) in [4.78, 5) is 35.5. The van der Waals surface area contributed by atoms with Crippen molar-refractivity contribution in [2.24, 2.45) is 5.10 Å². The first-order valence-electron chi connectivity index (χ1n) is 11.0. The van der Waals surface area contributed by atoms with Gasteiger partial charge in [0.1, 0.15) is 11.5 Å². The highest BCUT2D eigenvalue weighted by Gasteiger charge is 2.14. The molecule has 0 aliphatic heterocycles. The Morgan fingerprint density at radius 2 is 1.64 bits per heavy atom. The van der Waals surface area contributed by atoms with Crippen LogP contribution in [0.3, 0.4) is 0 Å². The number of nitro benzene ring substituents is 1. The summed E-state index contributed by atoms with van der Waals surface area (Å²) in [5, 5.41) is 16.5. The lowest BCUT2D eigenvalue weighted by atomic mass is 10.0. The van der Waals surface area contributed by atoms with Crippen LogP contribution in [0.1, 0.15) is 33.2 Å². The summed E-state index contributed by atoms with van der Waals surface area (Å²) in [6, 6.07) is 22.7. The molecule has 0 fully saturated rings. The van der Waals surface area contributed by atoms with Crippen LogP contribution in [0.4, 0.5) is 5.69 Å². The second-order valence-corrected chi connectivity index (χ2v) is 7.55. The molecule has 180 valence electrons. The molecule has 0 heterocycles. The molecular formula is C27H21N3O6. The number of nitrogens with zero attached hydrogens (tertiary/aromatic N) is 2. The number of carbonyl (C=O) groups excluding carboxylic acids is 2. The normalized spacial score (nSPS) is 10.8. The lowest BCUT2D eigenvalue weighted by Crippen LogP contribution is -2.17. The number of nitrogens with one attached hydrogen (secondary N) is 1. The van der Waals surface area contributed by atoms with Crippen LogP contribution >= 0.6 is 0 Å². The van der Waals surface area contributed by atoms with E-state index in [4.69, 9.17) is 9.47 Å². The molecule has 0 unspecified atom stereocenters. The average Bonchev–Trinajstić information content (AvgIpc) is 2.90. The first kappa shape index (κ1) is 24.1. The number of fused-ring (bicyclic) bond motifs is 1. The molecule has 0 aliphatic carbocycles. The van der Waals surface area contributed by atoms with E-state index in [1.54, 1.807) is 30.3 Å². The minimum absolute atomic E-state index is 0.121. The van der Waals surface area contributed by atoms with Crippen molar-refractivity contribution in [3.63, 3.8) is 0 Å². The Hall–Kier alpha value is -5.05. The quantitative estimate of drug-likeness (QED) is 0.122. The van der Waals surface area contributed by atoms with Crippen molar-refractivity contribution in [3.05, 3.63) is 112 Å². The Kier molecular flexibility index (Phi) is 7.30. The number of amides is 1. The fraction of sp³-hybridized carbons (Fsp3) is 0.0741. The Bertz CT molecular complexity index is 1450. The van der Waals surface area contributed by atoms with Crippen molar-refractivity contribution < 1.29 is 24.0 Å². The number of esters is 1. The number of rotatable bonds is 8. The molecule has 9 nitrogen and oxygen atoms in total. The molecule has 1 amide bonds. The van der Waals surface area contributed by atoms with E-state index in [1.807, 2.05) is 37.3 Å². The van der Waals surface area contributed by atoms with E-state index in [9.17, 15) is 19.7 Å². The first-order valence-corrected chi connectivity index (χ1v) is 11.0. The molecule has 9 heteroatoms. The van der Waals surface area contributed by atoms with Gasteiger partial charge in [-0.3, -0.25) is 14.9 Å². The predicted molar refractivity (Wildman–Crippen MR) is 135 cm³/mol. The van der Waals surface area contributed by atoms with Gasteiger partial charge < -0.3 is 9.47 Å². The van der Waals surface area contributed by atoms with E-state index in [0.29, 0.717) is 23.5 Å². The highest BCUT2D eigenvalue weighted by Crippen LogP contribution is 2.27. The number of nitro groups is 1. The Morgan fingerprint density at radius 3 is 2.33 bits per heavy atom. The minimum Gasteiger partial charge on any atom is -0.494 e. The van der Waals surface area contributed by atoms with E-state index in [0.717, 1.165) is 10.8 Å². The molecule has 1 N–H and O–H groups in total. The molecule has 0 saturated heterocycles. The molecule has 0 atom stereocenters. The molecule has 0 aromatic heterocycles. The number of hydrogen-bond acceptors (Lipinski definition) is 7. The third-order valence-corrected chi connectivity index (χ3v) is 5.23. The molecule has 0 aliphatic rings. The minimum atomic E-state index is -0.558. The van der Waals surface area contributed by atoms with Crippen LogP contribution in [0, 0.1) is 10.1 Å². The van der Waals surface area contributed by atoms with Gasteiger partial charge in [-0.05, 0) is 60.2 Å². The maximum atomic E-state index is 12.8. The van der Waals surface area contributed by atoms with E-state index >= 15 is 0 Å². The maximum absolute atomic E-state index is 12.8. The van der Waals surface area contributed by atoms with Gasteiger partial charge in [-0.1, -0.05) is 30.3 Å². The highest BCUT2D eigenvalue weighted by molar-refractivity contribution is 6.04. The van der Waals surface area contributed by atoms with Crippen molar-refractivity contribution in [3.8, 4) is 11.5 Å². The summed E-state index contributed by atoms with van der Waals surface area (Å²) in [7, 11) is 0. The fourth-order valence-corrected chi connectivity index (χ4v) is 3.46. The fourth-order valence-electron chi connectivity index (χ4n) is 3.46. The summed E-state index contributed by atoms with van der Waals surface area (Å²) in [5.41, 5.74) is 3.33. The van der Waals surface area contributed by atoms with Crippen molar-refractivity contribution in [1.82, 2.24) is 5.43 Å². The Morgan fingerprint density at radius 1 is 0.944 bits per heavy atom. The number of hydrazone groups is 1. The molecular weight excluding hydrogens is 462 g/mol. The van der Waals surface area contributed by atoms with Crippen LogP contribution < -0.4 is 14.9 Å². The van der Waals surface area contributed by atoms with Gasteiger partial charge in [-0.15, -0.1) is 0 Å². The second kappa shape index (κ2) is 10.9. The Labute approximate surface area is 206 Å². The summed E-state index contributed by atoms with van der Waals surface area (Å²) in [6.45, 7) is 2.39. The Balaban J connectivity index is 1.56. The number of carbonyl (C=O) groups is 2. The summed E-state index contributed by atoms with van der Waals surface area (Å²) >= 11 is 0. The van der Waals surface area contributed by atoms with Gasteiger partial charge in [0.25, 0.3) is 11.6 Å². The third kappa shape index (κ3) is 5.53. The molecule has 0 saturated carbocycles. The van der Waals surface area contributed by atoms with Gasteiger partial charge in [-0.2, -0.15) is 5.10 Å². The lowest BCUT2D eigenvalue weighted by molar-refractivity contribution is -0.384. The van der Waals surface area contributed by atoms with Gasteiger partial charge in [0, 0.05) is 23.3 Å². The standard InChI is InChI=1S/C27H21N3O6/c1-2-35-22-14-9-20(10-15-22)27(32)36-25-16-11-18-5-3-4-6-23(18)24(25)17-28-29-26(31)19-7-12-21(13-8-19)30(33)34/h3-17H,2H2,1H3,(H,29,31)/b28-17+.